The molecule has 0 radical (unpaired) electrons. The topological polar surface area (TPSA) is 72.6 Å². The van der Waals surface area contributed by atoms with Crippen molar-refractivity contribution in [3.05, 3.63) is 48.0 Å². The van der Waals surface area contributed by atoms with Gasteiger partial charge in [-0.3, -0.25) is 4.31 Å². The fourth-order valence-corrected chi connectivity index (χ4v) is 3.27. The average molecular weight is 306 g/mol. The Bertz CT molecular complexity index is 740. The summed E-state index contributed by atoms with van der Waals surface area (Å²) in [4.78, 5) is 0.0854. The average Bonchev–Trinajstić information content (AvgIpc) is 2.46. The first kappa shape index (κ1) is 15.2. The van der Waals surface area contributed by atoms with Crippen LogP contribution in [-0.2, 0) is 10.0 Å². The summed E-state index contributed by atoms with van der Waals surface area (Å²) < 4.78 is 31.8. The molecule has 0 heterocycles. The summed E-state index contributed by atoms with van der Waals surface area (Å²) in [5.41, 5.74) is 7.76. The number of nitrogens with two attached hydrogens (primary N) is 1. The van der Waals surface area contributed by atoms with Crippen molar-refractivity contribution in [2.75, 3.05) is 24.2 Å². The van der Waals surface area contributed by atoms with Crippen LogP contribution in [0.2, 0.25) is 0 Å². The lowest BCUT2D eigenvalue weighted by atomic mass is 10.2. The van der Waals surface area contributed by atoms with E-state index in [1.54, 1.807) is 18.2 Å². The van der Waals surface area contributed by atoms with E-state index in [4.69, 9.17) is 10.5 Å². The highest BCUT2D eigenvalue weighted by Crippen LogP contribution is 2.30. The van der Waals surface area contributed by atoms with Crippen LogP contribution in [0.15, 0.2) is 47.4 Å². The molecule has 21 heavy (non-hydrogen) atoms. The van der Waals surface area contributed by atoms with Gasteiger partial charge in [-0.15, -0.1) is 0 Å². The first-order chi connectivity index (χ1) is 9.86. The molecule has 5 nitrogen and oxygen atoms in total. The molecule has 6 heteroatoms. The van der Waals surface area contributed by atoms with Crippen molar-refractivity contribution in [1.29, 1.82) is 0 Å². The molecule has 0 amide bonds. The van der Waals surface area contributed by atoms with Gasteiger partial charge in [0, 0.05) is 18.8 Å². The zero-order valence-electron chi connectivity index (χ0n) is 12.2. The van der Waals surface area contributed by atoms with E-state index in [9.17, 15) is 8.42 Å². The number of benzene rings is 2. The van der Waals surface area contributed by atoms with Gasteiger partial charge in [-0.2, -0.15) is 0 Å². The van der Waals surface area contributed by atoms with E-state index >= 15 is 0 Å². The molecule has 2 aromatic carbocycles. The Morgan fingerprint density at radius 1 is 1.10 bits per heavy atom. The van der Waals surface area contributed by atoms with Gasteiger partial charge in [-0.05, 0) is 31.2 Å². The molecule has 0 aliphatic carbocycles. The Morgan fingerprint density at radius 3 is 2.29 bits per heavy atom. The quantitative estimate of drug-likeness (QED) is 0.880. The fourth-order valence-electron chi connectivity index (χ4n) is 1.94. The van der Waals surface area contributed by atoms with Crippen LogP contribution in [0.1, 0.15) is 5.56 Å². The monoisotopic (exact) mass is 306 g/mol. The molecule has 0 spiro atoms. The van der Waals surface area contributed by atoms with Crippen molar-refractivity contribution in [2.45, 2.75) is 11.8 Å². The molecule has 0 saturated carbocycles. The summed E-state index contributed by atoms with van der Waals surface area (Å²) in [6, 6.07) is 11.7. The standard InChI is InChI=1S/C15H18N2O3S/c1-11-4-7-13(8-5-11)17(2)21(18,19)15-9-6-12(16)10-14(15)20-3/h4-10H,16H2,1-3H3. The number of ether oxygens (including phenoxy) is 1. The number of nitrogen functional groups attached to an aromatic ring is 1. The first-order valence-corrected chi connectivity index (χ1v) is 7.79. The molecule has 0 saturated heterocycles. The number of sulfonamides is 1. The van der Waals surface area contributed by atoms with Gasteiger partial charge in [0.05, 0.1) is 12.8 Å². The zero-order chi connectivity index (χ0) is 15.6. The summed E-state index contributed by atoms with van der Waals surface area (Å²) in [6.07, 6.45) is 0. The summed E-state index contributed by atoms with van der Waals surface area (Å²) in [5.74, 6) is 0.231. The van der Waals surface area contributed by atoms with Crippen LogP contribution in [0.25, 0.3) is 0 Å². The van der Waals surface area contributed by atoms with Gasteiger partial charge in [-0.25, -0.2) is 8.42 Å². The Hall–Kier alpha value is -2.21. The molecular formula is C15H18N2O3S. The number of hydrogen-bond acceptors (Lipinski definition) is 4. The normalized spacial score (nSPS) is 11.2. The first-order valence-electron chi connectivity index (χ1n) is 6.35. The number of rotatable bonds is 4. The van der Waals surface area contributed by atoms with Crippen LogP contribution in [0.4, 0.5) is 11.4 Å². The molecule has 0 unspecified atom stereocenters. The second-order valence-electron chi connectivity index (χ2n) is 4.72. The van der Waals surface area contributed by atoms with Crippen molar-refractivity contribution < 1.29 is 13.2 Å². The second-order valence-corrected chi connectivity index (χ2v) is 6.66. The molecule has 0 bridgehead atoms. The van der Waals surface area contributed by atoms with Crippen molar-refractivity contribution >= 4 is 21.4 Å². The molecule has 2 rings (SSSR count). The maximum Gasteiger partial charge on any atom is 0.267 e. The van der Waals surface area contributed by atoms with Crippen molar-refractivity contribution in [2.24, 2.45) is 0 Å². The van der Waals surface area contributed by atoms with Gasteiger partial charge in [0.2, 0.25) is 0 Å². The van der Waals surface area contributed by atoms with Gasteiger partial charge in [0.15, 0.2) is 0 Å². The lowest BCUT2D eigenvalue weighted by molar-refractivity contribution is 0.403. The predicted molar refractivity (Wildman–Crippen MR) is 84.2 cm³/mol. The minimum absolute atomic E-state index is 0.0854. The van der Waals surface area contributed by atoms with Crippen LogP contribution in [-0.4, -0.2) is 22.6 Å². The lowest BCUT2D eigenvalue weighted by Gasteiger charge is -2.21. The Morgan fingerprint density at radius 2 is 1.71 bits per heavy atom. The molecule has 0 aliphatic rings. The summed E-state index contributed by atoms with van der Waals surface area (Å²) in [7, 11) is -0.786. The van der Waals surface area contributed by atoms with E-state index in [0.717, 1.165) is 5.56 Å². The van der Waals surface area contributed by atoms with Crippen molar-refractivity contribution in [3.8, 4) is 5.75 Å². The van der Waals surface area contributed by atoms with Gasteiger partial charge >= 0.3 is 0 Å². The van der Waals surface area contributed by atoms with Gasteiger partial charge < -0.3 is 10.5 Å². The molecular weight excluding hydrogens is 288 g/mol. The van der Waals surface area contributed by atoms with Crippen LogP contribution in [0.5, 0.6) is 5.75 Å². The highest BCUT2D eigenvalue weighted by Gasteiger charge is 2.25. The highest BCUT2D eigenvalue weighted by atomic mass is 32.2. The highest BCUT2D eigenvalue weighted by molar-refractivity contribution is 7.92. The van der Waals surface area contributed by atoms with Crippen LogP contribution in [0, 0.1) is 6.92 Å². The number of hydrogen-bond donors (Lipinski definition) is 1. The van der Waals surface area contributed by atoms with E-state index in [0.29, 0.717) is 11.4 Å². The third-order valence-corrected chi connectivity index (χ3v) is 5.05. The SMILES string of the molecule is COc1cc(N)ccc1S(=O)(=O)N(C)c1ccc(C)cc1. The molecule has 112 valence electrons. The smallest absolute Gasteiger partial charge is 0.267 e. The van der Waals surface area contributed by atoms with Gasteiger partial charge in [0.25, 0.3) is 10.0 Å². The zero-order valence-corrected chi connectivity index (χ0v) is 13.0. The van der Waals surface area contributed by atoms with Crippen molar-refractivity contribution in [1.82, 2.24) is 0 Å². The second kappa shape index (κ2) is 5.65. The number of nitrogens with zero attached hydrogens (tertiary/aromatic N) is 1. The molecule has 0 atom stereocenters. The van der Waals surface area contributed by atoms with E-state index < -0.39 is 10.0 Å². The van der Waals surface area contributed by atoms with Crippen LogP contribution >= 0.6 is 0 Å². The summed E-state index contributed by atoms with van der Waals surface area (Å²) in [6.45, 7) is 1.95. The molecule has 0 fully saturated rings. The predicted octanol–water partition coefficient (Wildman–Crippen LogP) is 2.41. The summed E-state index contributed by atoms with van der Waals surface area (Å²) >= 11 is 0. The van der Waals surface area contributed by atoms with Gasteiger partial charge in [-0.1, -0.05) is 17.7 Å². The Balaban J connectivity index is 2.49. The van der Waals surface area contributed by atoms with Gasteiger partial charge in [0.1, 0.15) is 10.6 Å². The largest absolute Gasteiger partial charge is 0.495 e. The fraction of sp³-hybridized carbons (Fsp3) is 0.200. The number of aryl methyl sites for hydroxylation is 1. The minimum Gasteiger partial charge on any atom is -0.495 e. The summed E-state index contributed by atoms with van der Waals surface area (Å²) in [5, 5.41) is 0. The number of anilines is 2. The van der Waals surface area contributed by atoms with Crippen LogP contribution < -0.4 is 14.8 Å². The molecule has 0 aliphatic heterocycles. The third kappa shape index (κ3) is 2.95. The Labute approximate surface area is 125 Å². The Kier molecular flexibility index (Phi) is 4.09. The molecule has 2 aromatic rings. The third-order valence-electron chi connectivity index (χ3n) is 3.22. The minimum atomic E-state index is -3.71. The van der Waals surface area contributed by atoms with E-state index in [1.807, 2.05) is 19.1 Å². The molecule has 2 N–H and O–H groups in total. The number of methoxy groups -OCH3 is 1. The maximum atomic E-state index is 12.7. The van der Waals surface area contributed by atoms with E-state index in [1.165, 1.54) is 30.6 Å². The van der Waals surface area contributed by atoms with E-state index in [-0.39, 0.29) is 10.6 Å². The van der Waals surface area contributed by atoms with Crippen LogP contribution in [0.3, 0.4) is 0 Å². The van der Waals surface area contributed by atoms with E-state index in [2.05, 4.69) is 0 Å². The maximum absolute atomic E-state index is 12.7. The van der Waals surface area contributed by atoms with Crippen molar-refractivity contribution in [3.63, 3.8) is 0 Å². The molecule has 0 aromatic heterocycles. The lowest BCUT2D eigenvalue weighted by Crippen LogP contribution is -2.27.